The number of hydrogen-bond donors (Lipinski definition) is 15. The molecule has 28 nitrogen and oxygen atoms in total. The predicted molar refractivity (Wildman–Crippen MR) is 324 cm³/mol. The molecule has 29 heteroatoms. The summed E-state index contributed by atoms with van der Waals surface area (Å²) in [6.45, 7) is 0.0287. The zero-order chi connectivity index (χ0) is 66.9. The second-order valence-corrected chi connectivity index (χ2v) is 25.8. The molecule has 23 atom stereocenters. The van der Waals surface area contributed by atoms with Crippen molar-refractivity contribution in [3.05, 3.63) is 24.3 Å². The van der Waals surface area contributed by atoms with Crippen molar-refractivity contribution in [3.8, 4) is 0 Å². The van der Waals surface area contributed by atoms with Crippen molar-refractivity contribution >= 4 is 19.8 Å². The Morgan fingerprint density at radius 3 is 1.30 bits per heavy atom. The molecule has 1 aliphatic carbocycles. The van der Waals surface area contributed by atoms with E-state index in [0.29, 0.717) is 19.3 Å². The molecule has 0 spiro atoms. The van der Waals surface area contributed by atoms with Crippen LogP contribution < -0.4 is 0 Å². The first-order chi connectivity index (χ1) is 43.6. The quantitative estimate of drug-likeness (QED) is 0.0179. The lowest BCUT2D eigenvalue weighted by Crippen LogP contribution is -2.69. The zero-order valence-electron chi connectivity index (χ0n) is 53.1. The van der Waals surface area contributed by atoms with Crippen molar-refractivity contribution in [2.24, 2.45) is 0 Å². The Balaban J connectivity index is 1.48. The number of aliphatic hydroxyl groups is 14. The van der Waals surface area contributed by atoms with Crippen LogP contribution in [-0.2, 0) is 61.1 Å². The molecule has 4 aliphatic rings. The minimum atomic E-state index is -5.75. The van der Waals surface area contributed by atoms with E-state index in [2.05, 4.69) is 38.2 Å². The number of carbonyl (C=O) groups excluding carboxylic acids is 2. The van der Waals surface area contributed by atoms with Gasteiger partial charge in [0.25, 0.3) is 0 Å². The van der Waals surface area contributed by atoms with Gasteiger partial charge in [0.1, 0.15) is 116 Å². The second kappa shape index (κ2) is 44.5. The molecule has 1 saturated carbocycles. The van der Waals surface area contributed by atoms with Crippen LogP contribution in [0.3, 0.4) is 0 Å². The minimum Gasteiger partial charge on any atom is -0.462 e. The van der Waals surface area contributed by atoms with Gasteiger partial charge in [-0.3, -0.25) is 18.6 Å². The van der Waals surface area contributed by atoms with Gasteiger partial charge in [-0.05, 0) is 44.9 Å². The molecule has 532 valence electrons. The molecule has 0 aromatic carbocycles. The Labute approximate surface area is 535 Å². The van der Waals surface area contributed by atoms with Gasteiger partial charge in [-0.25, -0.2) is 4.57 Å². The Morgan fingerprint density at radius 1 is 0.440 bits per heavy atom. The summed E-state index contributed by atoms with van der Waals surface area (Å²) in [5.74, 6) is -1.42. The first kappa shape index (κ1) is 81.2. The average Bonchev–Trinajstić information content (AvgIpc) is 0.848. The number of esters is 2. The highest BCUT2D eigenvalue weighted by molar-refractivity contribution is 7.47. The van der Waals surface area contributed by atoms with E-state index in [1.165, 1.54) is 70.6 Å². The topological polar surface area (TPSA) is 447 Å². The molecule has 0 bridgehead atoms. The molecule has 3 aliphatic heterocycles. The first-order valence-electron chi connectivity index (χ1n) is 33.2. The standard InChI is InChI=1S/C62H111O28P/c1-3-5-7-9-11-13-15-17-18-19-21-22-24-26-28-30-32-43(65)81-36-39(84-44(66)33-31-29-27-25-23-20-16-14-12-10-8-6-4-2)37-83-91(79,80)90-59-57(88-61-55(77)49(71)46(68)41(35-64)86-61)52(74)51(73)53(75)58(59)89-62-56(78)50(72)47(69)42(87-62)38-82-60-54(76)48(70)45(67)40(34-63)85-60/h13,15,18-19,39-42,45-64,67-78H,3-12,14,16-17,20-38H2,1-2H3,(H,79,80)/b15-13-,19-18-/t39-,40?,41?,42?,45+,46-,47+,48?,49?,50?,51+,52?,53?,54+,55-,56+,57-,58?,59+,60-,61-,62+/m1/s1. The van der Waals surface area contributed by atoms with Crippen LogP contribution in [0.15, 0.2) is 24.3 Å². The van der Waals surface area contributed by atoms with Gasteiger partial charge in [0, 0.05) is 12.8 Å². The number of aliphatic hydroxyl groups excluding tert-OH is 14. The summed E-state index contributed by atoms with van der Waals surface area (Å²) in [4.78, 5) is 37.9. The third kappa shape index (κ3) is 28.0. The fourth-order valence-electron chi connectivity index (χ4n) is 11.2. The van der Waals surface area contributed by atoms with E-state index < -0.39 is 188 Å². The fourth-order valence-corrected chi connectivity index (χ4v) is 12.1. The zero-order valence-corrected chi connectivity index (χ0v) is 54.0. The third-order valence-electron chi connectivity index (χ3n) is 16.9. The summed E-state index contributed by atoms with van der Waals surface area (Å²) in [7, 11) is -5.75. The van der Waals surface area contributed by atoms with Crippen LogP contribution in [0.25, 0.3) is 0 Å². The molecule has 0 radical (unpaired) electrons. The fraction of sp³-hybridized carbons (Fsp3) is 0.903. The van der Waals surface area contributed by atoms with E-state index in [9.17, 15) is 90.5 Å². The highest BCUT2D eigenvalue weighted by atomic mass is 31.2. The maximum Gasteiger partial charge on any atom is 0.472 e. The maximum absolute atomic E-state index is 14.3. The van der Waals surface area contributed by atoms with Gasteiger partial charge >= 0.3 is 19.8 Å². The van der Waals surface area contributed by atoms with Gasteiger partial charge in [0.15, 0.2) is 25.0 Å². The van der Waals surface area contributed by atoms with Gasteiger partial charge < -0.3 is 114 Å². The molecule has 3 heterocycles. The number of ether oxygens (including phenoxy) is 8. The summed E-state index contributed by atoms with van der Waals surface area (Å²) in [6, 6.07) is 0. The van der Waals surface area contributed by atoms with Crippen LogP contribution in [0, 0.1) is 0 Å². The maximum atomic E-state index is 14.3. The monoisotopic (exact) mass is 1330 g/mol. The van der Waals surface area contributed by atoms with Gasteiger partial charge in [-0.1, -0.05) is 154 Å². The summed E-state index contributed by atoms with van der Waals surface area (Å²) in [5, 5.41) is 150. The van der Waals surface area contributed by atoms with E-state index in [1.54, 1.807) is 0 Å². The number of hydrogen-bond acceptors (Lipinski definition) is 27. The van der Waals surface area contributed by atoms with Crippen LogP contribution in [0.1, 0.15) is 187 Å². The number of phosphoric ester groups is 1. The molecule has 3 saturated heterocycles. The van der Waals surface area contributed by atoms with Crippen molar-refractivity contribution in [1.29, 1.82) is 0 Å². The number of allylic oxidation sites excluding steroid dienone is 4. The Bertz CT molecular complexity index is 2060. The Kier molecular flexibility index (Phi) is 39.7. The normalized spacial score (nSPS) is 34.1. The van der Waals surface area contributed by atoms with E-state index >= 15 is 0 Å². The third-order valence-corrected chi connectivity index (χ3v) is 17.9. The van der Waals surface area contributed by atoms with E-state index in [4.69, 9.17) is 46.9 Å². The molecule has 0 aromatic rings. The predicted octanol–water partition coefficient (Wildman–Crippen LogP) is 1.92. The number of unbranched alkanes of at least 4 members (excludes halogenated alkanes) is 21. The summed E-state index contributed by atoms with van der Waals surface area (Å²) in [6.07, 6.45) is -11.2. The molecule has 15 N–H and O–H groups in total. The average molecular weight is 1340 g/mol. The first-order valence-corrected chi connectivity index (χ1v) is 34.7. The van der Waals surface area contributed by atoms with Crippen molar-refractivity contribution in [3.63, 3.8) is 0 Å². The highest BCUT2D eigenvalue weighted by Crippen LogP contribution is 2.49. The smallest absolute Gasteiger partial charge is 0.462 e. The van der Waals surface area contributed by atoms with Crippen LogP contribution >= 0.6 is 7.82 Å². The lowest BCUT2D eigenvalue weighted by Gasteiger charge is -2.49. The molecular weight excluding hydrogens is 1220 g/mol. The Morgan fingerprint density at radius 2 is 0.824 bits per heavy atom. The SMILES string of the molecule is CCCCCC/C=C\C/C=C\CCCCCCCC(=O)OC[C@H](COP(=O)(O)O[C@@H]1C(O[C@@H]2OC(CO[C@@H]3OC(CO)[C@H](O)C(O)[C@@H]3O)[C@H](O)C(O)[C@@H]2O)C(O)[C@@H](O)C(O)[C@H]1O[C@H]1OC(CO)[C@@H](O)C(O)[C@H]1O)OC(=O)CCCCCCCCCCCCCCC. The van der Waals surface area contributed by atoms with Crippen LogP contribution in [0.2, 0.25) is 0 Å². The van der Waals surface area contributed by atoms with Crippen molar-refractivity contribution in [2.75, 3.05) is 33.0 Å². The van der Waals surface area contributed by atoms with Crippen LogP contribution in [-0.4, -0.2) is 256 Å². The molecule has 0 amide bonds. The van der Waals surface area contributed by atoms with Gasteiger partial charge in [-0.15, -0.1) is 0 Å². The van der Waals surface area contributed by atoms with Crippen molar-refractivity contribution in [1.82, 2.24) is 0 Å². The van der Waals surface area contributed by atoms with Gasteiger partial charge in [0.2, 0.25) is 0 Å². The second-order valence-electron chi connectivity index (χ2n) is 24.4. The van der Waals surface area contributed by atoms with E-state index in [-0.39, 0.29) is 12.8 Å². The summed E-state index contributed by atoms with van der Waals surface area (Å²) in [5.41, 5.74) is 0. The molecule has 4 rings (SSSR count). The summed E-state index contributed by atoms with van der Waals surface area (Å²) >= 11 is 0. The largest absolute Gasteiger partial charge is 0.472 e. The minimum absolute atomic E-state index is 0.00356. The summed E-state index contributed by atoms with van der Waals surface area (Å²) < 4.78 is 69.8. The Hall–Kier alpha value is -2.27. The molecule has 4 fully saturated rings. The van der Waals surface area contributed by atoms with E-state index in [1.807, 2.05) is 0 Å². The highest BCUT2D eigenvalue weighted by Gasteiger charge is 2.58. The lowest BCUT2D eigenvalue weighted by molar-refractivity contribution is -0.364. The van der Waals surface area contributed by atoms with Crippen LogP contribution in [0.4, 0.5) is 0 Å². The van der Waals surface area contributed by atoms with Crippen LogP contribution in [0.5, 0.6) is 0 Å². The van der Waals surface area contributed by atoms with E-state index in [0.717, 1.165) is 70.6 Å². The molecular formula is C62H111O28P. The molecule has 91 heavy (non-hydrogen) atoms. The molecule has 0 aromatic heterocycles. The number of carbonyl (C=O) groups is 2. The number of rotatable bonds is 46. The van der Waals surface area contributed by atoms with Crippen molar-refractivity contribution in [2.45, 2.75) is 322 Å². The lowest BCUT2D eigenvalue weighted by atomic mass is 9.84. The molecule has 10 unspecified atom stereocenters. The number of phosphoric acid groups is 1. The van der Waals surface area contributed by atoms with Gasteiger partial charge in [0.05, 0.1) is 26.4 Å². The van der Waals surface area contributed by atoms with Gasteiger partial charge in [-0.2, -0.15) is 0 Å². The van der Waals surface area contributed by atoms with Crippen molar-refractivity contribution < 1.29 is 137 Å².